The number of aryl methyl sites for hydroxylation is 1. The van der Waals surface area contributed by atoms with E-state index in [2.05, 4.69) is 51.6 Å². The standard InChI is InChI=1S/C16H18/c1-5-12(4)16-10-13-9-11(3)7-8-15(13)14(16)6-2/h5-9H,2,10H2,1,3-4H3/b12-5-. The molecule has 0 atom stereocenters. The van der Waals surface area contributed by atoms with Crippen molar-refractivity contribution in [3.63, 3.8) is 0 Å². The molecule has 0 heteroatoms. The van der Waals surface area contributed by atoms with Crippen LogP contribution in [0.1, 0.15) is 30.5 Å². The third kappa shape index (κ3) is 1.65. The van der Waals surface area contributed by atoms with Gasteiger partial charge >= 0.3 is 0 Å². The molecule has 1 aromatic rings. The van der Waals surface area contributed by atoms with Crippen LogP contribution >= 0.6 is 0 Å². The molecule has 0 N–H and O–H groups in total. The smallest absolute Gasteiger partial charge is 0.00108 e. The predicted octanol–water partition coefficient (Wildman–Crippen LogP) is 4.46. The fourth-order valence-corrected chi connectivity index (χ4v) is 2.34. The van der Waals surface area contributed by atoms with E-state index in [-0.39, 0.29) is 0 Å². The van der Waals surface area contributed by atoms with Crippen LogP contribution in [0.4, 0.5) is 0 Å². The molecular formula is C16H18. The second kappa shape index (κ2) is 4.13. The van der Waals surface area contributed by atoms with Crippen LogP contribution in [-0.2, 0) is 6.42 Å². The van der Waals surface area contributed by atoms with Gasteiger partial charge in [0, 0.05) is 0 Å². The molecule has 1 aromatic carbocycles. The average Bonchev–Trinajstić information content (AvgIpc) is 2.65. The number of fused-ring (bicyclic) bond motifs is 1. The highest BCUT2D eigenvalue weighted by molar-refractivity contribution is 5.85. The SMILES string of the molecule is C=CC1=C(/C(C)=C\C)Cc2cc(C)ccc21. The van der Waals surface area contributed by atoms with Crippen LogP contribution in [0.5, 0.6) is 0 Å². The van der Waals surface area contributed by atoms with Gasteiger partial charge in [0.25, 0.3) is 0 Å². The Kier molecular flexibility index (Phi) is 2.82. The number of allylic oxidation sites excluding steroid dienone is 5. The summed E-state index contributed by atoms with van der Waals surface area (Å²) in [6, 6.07) is 6.68. The van der Waals surface area contributed by atoms with E-state index in [1.54, 1.807) is 0 Å². The molecule has 0 spiro atoms. The molecule has 0 heterocycles. The molecule has 0 aromatic heterocycles. The third-order valence-electron chi connectivity index (χ3n) is 3.36. The maximum absolute atomic E-state index is 3.95. The Bertz CT molecular complexity index is 499. The topological polar surface area (TPSA) is 0 Å². The molecule has 0 bridgehead atoms. The average molecular weight is 210 g/mol. The van der Waals surface area contributed by atoms with Crippen LogP contribution in [0.2, 0.25) is 0 Å². The van der Waals surface area contributed by atoms with Gasteiger partial charge in [-0.15, -0.1) is 0 Å². The summed E-state index contributed by atoms with van der Waals surface area (Å²) < 4.78 is 0. The first-order chi connectivity index (χ1) is 7.67. The van der Waals surface area contributed by atoms with E-state index in [9.17, 15) is 0 Å². The van der Waals surface area contributed by atoms with Crippen molar-refractivity contribution >= 4 is 5.57 Å². The quantitative estimate of drug-likeness (QED) is 0.676. The Morgan fingerprint density at radius 3 is 2.75 bits per heavy atom. The summed E-state index contributed by atoms with van der Waals surface area (Å²) in [4.78, 5) is 0. The summed E-state index contributed by atoms with van der Waals surface area (Å²) in [5.74, 6) is 0. The van der Waals surface area contributed by atoms with Crippen LogP contribution < -0.4 is 0 Å². The van der Waals surface area contributed by atoms with Gasteiger partial charge in [-0.1, -0.05) is 48.1 Å². The fraction of sp³-hybridized carbons (Fsp3) is 0.250. The number of hydrogen-bond acceptors (Lipinski definition) is 0. The zero-order chi connectivity index (χ0) is 11.7. The minimum atomic E-state index is 1.05. The largest absolute Gasteiger partial charge is 0.0984 e. The molecule has 0 fully saturated rings. The normalized spacial score (nSPS) is 15.3. The first-order valence-corrected chi connectivity index (χ1v) is 5.76. The summed E-state index contributed by atoms with van der Waals surface area (Å²) >= 11 is 0. The molecule has 0 unspecified atom stereocenters. The molecule has 1 aliphatic carbocycles. The second-order valence-electron chi connectivity index (χ2n) is 4.41. The van der Waals surface area contributed by atoms with E-state index < -0.39 is 0 Å². The van der Waals surface area contributed by atoms with Gasteiger partial charge in [0.15, 0.2) is 0 Å². The van der Waals surface area contributed by atoms with Crippen LogP contribution in [0.3, 0.4) is 0 Å². The minimum Gasteiger partial charge on any atom is -0.0984 e. The van der Waals surface area contributed by atoms with Gasteiger partial charge < -0.3 is 0 Å². The van der Waals surface area contributed by atoms with Crippen LogP contribution in [0.15, 0.2) is 48.1 Å². The summed E-state index contributed by atoms with van der Waals surface area (Å²) in [7, 11) is 0. The van der Waals surface area contributed by atoms with Gasteiger partial charge in [0.2, 0.25) is 0 Å². The van der Waals surface area contributed by atoms with E-state index in [1.165, 1.54) is 33.4 Å². The van der Waals surface area contributed by atoms with Gasteiger partial charge in [-0.05, 0) is 49.5 Å². The van der Waals surface area contributed by atoms with Crippen molar-refractivity contribution in [2.45, 2.75) is 27.2 Å². The first kappa shape index (κ1) is 10.9. The van der Waals surface area contributed by atoms with Crippen LogP contribution in [0, 0.1) is 6.92 Å². The molecule has 0 saturated carbocycles. The minimum absolute atomic E-state index is 1.05. The van der Waals surface area contributed by atoms with Gasteiger partial charge in [0.05, 0.1) is 0 Å². The Labute approximate surface area is 98.0 Å². The lowest BCUT2D eigenvalue weighted by Gasteiger charge is -2.03. The summed E-state index contributed by atoms with van der Waals surface area (Å²) in [5.41, 5.74) is 8.23. The molecule has 82 valence electrons. The maximum atomic E-state index is 3.95. The summed E-state index contributed by atoms with van der Waals surface area (Å²) in [6.07, 6.45) is 5.22. The van der Waals surface area contributed by atoms with Gasteiger partial charge in [0.1, 0.15) is 0 Å². The van der Waals surface area contributed by atoms with Gasteiger partial charge in [-0.2, -0.15) is 0 Å². The number of rotatable bonds is 2. The highest BCUT2D eigenvalue weighted by Crippen LogP contribution is 2.37. The monoisotopic (exact) mass is 210 g/mol. The van der Waals surface area contributed by atoms with E-state index >= 15 is 0 Å². The van der Waals surface area contributed by atoms with Crippen molar-refractivity contribution in [1.29, 1.82) is 0 Å². The number of benzene rings is 1. The molecule has 2 rings (SSSR count). The second-order valence-corrected chi connectivity index (χ2v) is 4.41. The van der Waals surface area contributed by atoms with Crippen molar-refractivity contribution in [2.75, 3.05) is 0 Å². The Morgan fingerprint density at radius 2 is 2.12 bits per heavy atom. The van der Waals surface area contributed by atoms with Crippen LogP contribution in [-0.4, -0.2) is 0 Å². The van der Waals surface area contributed by atoms with Gasteiger partial charge in [-0.25, -0.2) is 0 Å². The Morgan fingerprint density at radius 1 is 1.38 bits per heavy atom. The van der Waals surface area contributed by atoms with E-state index in [4.69, 9.17) is 0 Å². The van der Waals surface area contributed by atoms with Crippen molar-refractivity contribution in [3.8, 4) is 0 Å². The van der Waals surface area contributed by atoms with Crippen LogP contribution in [0.25, 0.3) is 5.57 Å². The lowest BCUT2D eigenvalue weighted by Crippen LogP contribution is -1.87. The highest BCUT2D eigenvalue weighted by Gasteiger charge is 2.19. The maximum Gasteiger partial charge on any atom is -0.00108 e. The molecule has 1 aliphatic rings. The van der Waals surface area contributed by atoms with Crippen molar-refractivity contribution in [3.05, 3.63) is 64.8 Å². The van der Waals surface area contributed by atoms with E-state index in [0.29, 0.717) is 0 Å². The third-order valence-corrected chi connectivity index (χ3v) is 3.36. The molecule has 0 radical (unpaired) electrons. The zero-order valence-electron chi connectivity index (χ0n) is 10.3. The lowest BCUT2D eigenvalue weighted by atomic mass is 10.0. The highest BCUT2D eigenvalue weighted by atomic mass is 14.2. The predicted molar refractivity (Wildman–Crippen MR) is 71.4 cm³/mol. The lowest BCUT2D eigenvalue weighted by molar-refractivity contribution is 1.18. The molecule has 0 saturated heterocycles. The van der Waals surface area contributed by atoms with Crippen molar-refractivity contribution in [2.24, 2.45) is 0 Å². The molecule has 0 nitrogen and oxygen atoms in total. The Balaban J connectivity index is 2.57. The summed E-state index contributed by atoms with van der Waals surface area (Å²) in [6.45, 7) is 10.4. The molecule has 0 amide bonds. The first-order valence-electron chi connectivity index (χ1n) is 5.76. The number of hydrogen-bond donors (Lipinski definition) is 0. The van der Waals surface area contributed by atoms with Crippen molar-refractivity contribution < 1.29 is 0 Å². The molecular weight excluding hydrogens is 192 g/mol. The van der Waals surface area contributed by atoms with Gasteiger partial charge in [-0.3, -0.25) is 0 Å². The zero-order valence-corrected chi connectivity index (χ0v) is 10.3. The molecule has 16 heavy (non-hydrogen) atoms. The Hall–Kier alpha value is -1.56. The fourth-order valence-electron chi connectivity index (χ4n) is 2.34. The van der Waals surface area contributed by atoms with Crippen molar-refractivity contribution in [1.82, 2.24) is 0 Å². The van der Waals surface area contributed by atoms with E-state index in [1.807, 2.05) is 6.08 Å². The summed E-state index contributed by atoms with van der Waals surface area (Å²) in [5, 5.41) is 0. The van der Waals surface area contributed by atoms with E-state index in [0.717, 1.165) is 6.42 Å². The molecule has 0 aliphatic heterocycles.